The molecule has 13 heteroatoms. The van der Waals surface area contributed by atoms with Gasteiger partial charge in [-0.1, -0.05) is 56.8 Å². The Kier molecular flexibility index (Phi) is 18.1. The predicted octanol–water partition coefficient (Wildman–Crippen LogP) is 4.65. The maximum Gasteiger partial charge on any atom is 0.500 e. The van der Waals surface area contributed by atoms with Crippen LogP contribution >= 0.6 is 0 Å². The molecule has 0 saturated carbocycles. The highest BCUT2D eigenvalue weighted by Gasteiger charge is 2.43. The molecule has 0 atom stereocenters. The van der Waals surface area contributed by atoms with Gasteiger partial charge in [0.05, 0.1) is 8.07 Å². The van der Waals surface area contributed by atoms with Crippen LogP contribution in [-0.2, 0) is 39.8 Å². The SMILES string of the molecule is CCC[Si](CCC[Si](OC)(OC)OC)(CCC[Si](OC)(OC)OC)CCC[Si](OC)(OC)OC. The second-order valence-corrected chi connectivity index (χ2v) is 23.0. The molecular formula is C21H52O9Si4. The molecule has 0 saturated heterocycles. The first-order valence-corrected chi connectivity index (χ1v) is 20.8. The van der Waals surface area contributed by atoms with Crippen molar-refractivity contribution in [2.24, 2.45) is 0 Å². The average Bonchev–Trinajstić information content (AvgIpc) is 2.88. The van der Waals surface area contributed by atoms with Gasteiger partial charge in [-0.3, -0.25) is 0 Å². The van der Waals surface area contributed by atoms with Crippen molar-refractivity contribution in [3.8, 4) is 0 Å². The molecule has 0 fully saturated rings. The largest absolute Gasteiger partial charge is 0.500 e. The van der Waals surface area contributed by atoms with Crippen LogP contribution < -0.4 is 0 Å². The molecule has 0 rings (SSSR count). The lowest BCUT2D eigenvalue weighted by Crippen LogP contribution is -2.45. The van der Waals surface area contributed by atoms with E-state index in [-0.39, 0.29) is 0 Å². The van der Waals surface area contributed by atoms with Crippen LogP contribution in [0, 0.1) is 0 Å². The highest BCUT2D eigenvalue weighted by molar-refractivity contribution is 6.80. The van der Waals surface area contributed by atoms with E-state index < -0.39 is 34.5 Å². The molecule has 34 heavy (non-hydrogen) atoms. The fourth-order valence-electron chi connectivity index (χ4n) is 4.99. The molecule has 0 radical (unpaired) electrons. The zero-order valence-electron chi connectivity index (χ0n) is 23.5. The second-order valence-electron chi connectivity index (χ2n) is 8.70. The summed E-state index contributed by atoms with van der Waals surface area (Å²) in [5, 5.41) is 0. The van der Waals surface area contributed by atoms with Crippen molar-refractivity contribution in [1.29, 1.82) is 0 Å². The summed E-state index contributed by atoms with van der Waals surface area (Å²) in [6.07, 6.45) is 4.29. The van der Waals surface area contributed by atoms with Crippen molar-refractivity contribution < 1.29 is 39.8 Å². The fourth-order valence-corrected chi connectivity index (χ4v) is 16.6. The maximum atomic E-state index is 5.67. The lowest BCUT2D eigenvalue weighted by atomic mass is 10.5. The molecular weight excluding hydrogens is 509 g/mol. The van der Waals surface area contributed by atoms with Crippen LogP contribution in [0.5, 0.6) is 0 Å². The highest BCUT2D eigenvalue weighted by atomic mass is 28.4. The van der Waals surface area contributed by atoms with Gasteiger partial charge in [0.2, 0.25) is 0 Å². The topological polar surface area (TPSA) is 83.1 Å². The summed E-state index contributed by atoms with van der Waals surface area (Å²) in [7, 11) is 5.78. The lowest BCUT2D eigenvalue weighted by Gasteiger charge is -2.35. The Morgan fingerprint density at radius 2 is 0.588 bits per heavy atom. The molecule has 0 aromatic rings. The quantitative estimate of drug-likeness (QED) is 0.166. The van der Waals surface area contributed by atoms with Crippen molar-refractivity contribution in [2.75, 3.05) is 64.0 Å². The number of hydrogen-bond donors (Lipinski definition) is 0. The third-order valence-corrected chi connectivity index (χ3v) is 21.4. The Morgan fingerprint density at radius 3 is 0.765 bits per heavy atom. The summed E-state index contributed by atoms with van der Waals surface area (Å²) in [5.41, 5.74) is 0. The number of rotatable bonds is 23. The van der Waals surface area contributed by atoms with Crippen LogP contribution in [0.1, 0.15) is 32.6 Å². The predicted molar refractivity (Wildman–Crippen MR) is 144 cm³/mol. The van der Waals surface area contributed by atoms with E-state index in [9.17, 15) is 0 Å². The van der Waals surface area contributed by atoms with Crippen molar-refractivity contribution in [3.05, 3.63) is 0 Å². The van der Waals surface area contributed by atoms with E-state index in [1.165, 1.54) is 30.6 Å². The van der Waals surface area contributed by atoms with E-state index in [1.54, 1.807) is 64.0 Å². The summed E-state index contributed by atoms with van der Waals surface area (Å²) in [6.45, 7) is 2.29. The Hall–Kier alpha value is 0.508. The Balaban J connectivity index is 5.54. The fraction of sp³-hybridized carbons (Fsp3) is 1.00. The molecule has 0 bridgehead atoms. The van der Waals surface area contributed by atoms with Gasteiger partial charge in [-0.2, -0.15) is 0 Å². The van der Waals surface area contributed by atoms with Gasteiger partial charge in [-0.25, -0.2) is 0 Å². The minimum absolute atomic E-state index is 0.828. The summed E-state index contributed by atoms with van der Waals surface area (Å²) >= 11 is 0. The lowest BCUT2D eigenvalue weighted by molar-refractivity contribution is 0.123. The molecule has 0 aliphatic carbocycles. The Labute approximate surface area is 213 Å². The Morgan fingerprint density at radius 1 is 0.353 bits per heavy atom. The molecule has 0 unspecified atom stereocenters. The zero-order chi connectivity index (χ0) is 26.1. The van der Waals surface area contributed by atoms with Crippen molar-refractivity contribution in [1.82, 2.24) is 0 Å². The van der Waals surface area contributed by atoms with Crippen LogP contribution in [0.25, 0.3) is 0 Å². The molecule has 0 aromatic carbocycles. The van der Waals surface area contributed by atoms with Gasteiger partial charge in [0.15, 0.2) is 0 Å². The van der Waals surface area contributed by atoms with Gasteiger partial charge in [0.25, 0.3) is 0 Å². The van der Waals surface area contributed by atoms with Crippen LogP contribution in [0.15, 0.2) is 0 Å². The Bertz CT molecular complexity index is 415. The smallest absolute Gasteiger partial charge is 0.377 e. The van der Waals surface area contributed by atoms with Gasteiger partial charge in [0, 0.05) is 82.1 Å². The van der Waals surface area contributed by atoms with E-state index in [0.29, 0.717) is 0 Å². The van der Waals surface area contributed by atoms with Crippen LogP contribution in [0.3, 0.4) is 0 Å². The standard InChI is InChI=1S/C21H52O9Si4/c1-11-15-31(16-12-19-32(22-2,23-3)24-4,17-13-20-33(25-5,26-6)27-7)18-14-21-34(28-8,29-9)30-10/h11-21H2,1-10H3. The van der Waals surface area contributed by atoms with Gasteiger partial charge >= 0.3 is 26.4 Å². The van der Waals surface area contributed by atoms with Crippen LogP contribution in [0.2, 0.25) is 42.3 Å². The normalized spacial score (nSPS) is 13.6. The molecule has 206 valence electrons. The van der Waals surface area contributed by atoms with E-state index in [0.717, 1.165) is 37.4 Å². The molecule has 9 nitrogen and oxygen atoms in total. The van der Waals surface area contributed by atoms with E-state index in [2.05, 4.69) is 6.92 Å². The van der Waals surface area contributed by atoms with E-state index >= 15 is 0 Å². The summed E-state index contributed by atoms with van der Waals surface area (Å²) in [4.78, 5) is 0. The van der Waals surface area contributed by atoms with Gasteiger partial charge in [0.1, 0.15) is 0 Å². The molecule has 0 aliphatic rings. The van der Waals surface area contributed by atoms with Crippen molar-refractivity contribution in [3.63, 3.8) is 0 Å². The van der Waals surface area contributed by atoms with Crippen LogP contribution in [-0.4, -0.2) is 98.5 Å². The number of hydrogen-bond acceptors (Lipinski definition) is 9. The van der Waals surface area contributed by atoms with Crippen molar-refractivity contribution >= 4 is 34.5 Å². The zero-order valence-corrected chi connectivity index (χ0v) is 27.5. The minimum Gasteiger partial charge on any atom is -0.377 e. The first-order chi connectivity index (χ1) is 16.2. The molecule has 0 spiro atoms. The molecule has 0 amide bonds. The van der Waals surface area contributed by atoms with Crippen LogP contribution in [0.4, 0.5) is 0 Å². The molecule has 0 N–H and O–H groups in total. The van der Waals surface area contributed by atoms with Gasteiger partial charge < -0.3 is 39.8 Å². The summed E-state index contributed by atoms with van der Waals surface area (Å²) < 4.78 is 51.0. The van der Waals surface area contributed by atoms with E-state index in [1.807, 2.05) is 0 Å². The average molecular weight is 561 g/mol. The molecule has 0 aliphatic heterocycles. The second kappa shape index (κ2) is 17.9. The first-order valence-electron chi connectivity index (χ1n) is 12.2. The third kappa shape index (κ3) is 10.5. The molecule has 0 aromatic heterocycles. The third-order valence-electron chi connectivity index (χ3n) is 7.15. The summed E-state index contributed by atoms with van der Waals surface area (Å²) in [5.74, 6) is 0. The first kappa shape index (κ1) is 34.5. The molecule has 0 heterocycles. The minimum atomic E-state index is -2.58. The van der Waals surface area contributed by atoms with Gasteiger partial charge in [-0.15, -0.1) is 0 Å². The summed E-state index contributed by atoms with van der Waals surface area (Å²) in [6, 6.07) is 7.37. The maximum absolute atomic E-state index is 5.67. The monoisotopic (exact) mass is 560 g/mol. The van der Waals surface area contributed by atoms with Gasteiger partial charge in [-0.05, 0) is 0 Å². The van der Waals surface area contributed by atoms with Crippen molar-refractivity contribution in [2.45, 2.75) is 74.9 Å². The van der Waals surface area contributed by atoms with E-state index in [4.69, 9.17) is 39.8 Å². The highest BCUT2D eigenvalue weighted by Crippen LogP contribution is 2.36.